The Morgan fingerprint density at radius 3 is 1.39 bits per heavy atom. The number of hydrogen-bond acceptors (Lipinski definition) is 7. The topological polar surface area (TPSA) is 99.1 Å². The summed E-state index contributed by atoms with van der Waals surface area (Å²) in [4.78, 5) is 38.5. The lowest BCUT2D eigenvalue weighted by molar-refractivity contribution is -0.273. The quantitative estimate of drug-likeness (QED) is 0.0719. The van der Waals surface area contributed by atoms with Crippen LogP contribution in [0.25, 0.3) is 0 Å². The summed E-state index contributed by atoms with van der Waals surface area (Å²) in [7, 11) is 0. The van der Waals surface area contributed by atoms with Gasteiger partial charge in [-0.25, -0.2) is 4.79 Å². The van der Waals surface area contributed by atoms with E-state index in [0.717, 1.165) is 38.5 Å². The summed E-state index contributed by atoms with van der Waals surface area (Å²) in [6, 6.07) is 0. The lowest BCUT2D eigenvalue weighted by Crippen LogP contribution is -2.55. The summed E-state index contributed by atoms with van der Waals surface area (Å²) in [5.41, 5.74) is -2.23. The standard InChI is InChI=1S/C37H66O7/c1-3-5-7-9-11-13-15-16-17-19-21-23-25-27-29-37-32(28-26-24-22-20-18-14-12-10-8-6-4-2)42-33(38)30-36(41,35(40)44-37)31-34(39)43-37/h32,41H,3-31H2,1-2H3. The molecular weight excluding hydrogens is 556 g/mol. The molecule has 3 atom stereocenters. The normalized spacial score (nSPS) is 23.5. The third kappa shape index (κ3) is 15.1. The predicted octanol–water partition coefficient (Wildman–Crippen LogP) is 9.79. The molecule has 0 aliphatic carbocycles. The van der Waals surface area contributed by atoms with E-state index in [1.165, 1.54) is 116 Å². The fourth-order valence-corrected chi connectivity index (χ4v) is 6.71. The number of aliphatic hydroxyl groups is 1. The van der Waals surface area contributed by atoms with Gasteiger partial charge in [0.1, 0.15) is 0 Å². The molecule has 256 valence electrons. The molecule has 0 aromatic rings. The van der Waals surface area contributed by atoms with Gasteiger partial charge in [-0.05, 0) is 19.3 Å². The van der Waals surface area contributed by atoms with E-state index in [1.807, 2.05) is 0 Å². The van der Waals surface area contributed by atoms with E-state index in [4.69, 9.17) is 14.2 Å². The first-order valence-electron chi connectivity index (χ1n) is 18.7. The van der Waals surface area contributed by atoms with Gasteiger partial charge >= 0.3 is 17.9 Å². The van der Waals surface area contributed by atoms with Crippen molar-refractivity contribution in [3.05, 3.63) is 0 Å². The molecule has 0 spiro atoms. The van der Waals surface area contributed by atoms with Crippen LogP contribution in [0.2, 0.25) is 0 Å². The molecule has 2 rings (SSSR count). The van der Waals surface area contributed by atoms with Crippen molar-refractivity contribution in [1.29, 1.82) is 0 Å². The zero-order valence-electron chi connectivity index (χ0n) is 28.5. The van der Waals surface area contributed by atoms with Crippen LogP contribution in [-0.4, -0.2) is 40.5 Å². The van der Waals surface area contributed by atoms with Gasteiger partial charge in [0.15, 0.2) is 11.7 Å². The summed E-state index contributed by atoms with van der Waals surface area (Å²) in [5.74, 6) is -4.01. The van der Waals surface area contributed by atoms with Crippen LogP contribution in [-0.2, 0) is 28.6 Å². The second kappa shape index (κ2) is 22.8. The van der Waals surface area contributed by atoms with Gasteiger partial charge in [-0.2, -0.15) is 0 Å². The number of rotatable bonds is 27. The molecule has 2 aliphatic rings. The number of ether oxygens (including phenoxy) is 3. The van der Waals surface area contributed by atoms with Crippen LogP contribution >= 0.6 is 0 Å². The molecule has 0 radical (unpaired) electrons. The Morgan fingerprint density at radius 2 is 0.932 bits per heavy atom. The number of unbranched alkanes of at least 4 members (excludes halogenated alkanes) is 23. The minimum absolute atomic E-state index is 0.272. The molecule has 44 heavy (non-hydrogen) atoms. The van der Waals surface area contributed by atoms with Gasteiger partial charge in [-0.3, -0.25) is 9.59 Å². The van der Waals surface area contributed by atoms with Gasteiger partial charge in [0.25, 0.3) is 5.79 Å². The zero-order valence-corrected chi connectivity index (χ0v) is 28.5. The highest BCUT2D eigenvalue weighted by atomic mass is 16.8. The number of esters is 3. The molecule has 2 bridgehead atoms. The Hall–Kier alpha value is -1.63. The van der Waals surface area contributed by atoms with Crippen molar-refractivity contribution in [1.82, 2.24) is 0 Å². The highest BCUT2D eigenvalue weighted by Crippen LogP contribution is 2.40. The highest BCUT2D eigenvalue weighted by Gasteiger charge is 2.58. The Labute approximate surface area is 268 Å². The second-order valence-corrected chi connectivity index (χ2v) is 13.7. The van der Waals surface area contributed by atoms with E-state index in [2.05, 4.69) is 13.8 Å². The molecule has 1 N–H and O–H groups in total. The average molecular weight is 623 g/mol. The van der Waals surface area contributed by atoms with Crippen molar-refractivity contribution >= 4 is 17.9 Å². The van der Waals surface area contributed by atoms with Crippen LogP contribution in [0.3, 0.4) is 0 Å². The number of carbonyl (C=O) groups excluding carboxylic acids is 3. The molecule has 7 nitrogen and oxygen atoms in total. The predicted molar refractivity (Wildman–Crippen MR) is 175 cm³/mol. The first kappa shape index (κ1) is 38.6. The fraction of sp³-hybridized carbons (Fsp3) is 0.919. The first-order chi connectivity index (χ1) is 21.3. The number of carbonyl (C=O) groups is 3. The zero-order chi connectivity index (χ0) is 31.9. The summed E-state index contributed by atoms with van der Waals surface area (Å²) in [6.45, 7) is 4.50. The van der Waals surface area contributed by atoms with Gasteiger partial charge in [0.05, 0.1) is 12.8 Å². The molecule has 2 heterocycles. The third-order valence-electron chi connectivity index (χ3n) is 9.52. The maximum atomic E-state index is 13.0. The van der Waals surface area contributed by atoms with Crippen LogP contribution in [0, 0.1) is 0 Å². The largest absolute Gasteiger partial charge is 0.454 e. The van der Waals surface area contributed by atoms with Crippen molar-refractivity contribution in [3.63, 3.8) is 0 Å². The molecule has 7 heteroatoms. The SMILES string of the molecule is CCCCCCCCCCCCCCCCC12OC(=O)CC(O)(CC(=O)OC1CCCCCCCCCCCCC)C(=O)O2. The van der Waals surface area contributed by atoms with E-state index in [-0.39, 0.29) is 6.42 Å². The van der Waals surface area contributed by atoms with Crippen LogP contribution in [0.5, 0.6) is 0 Å². The number of cyclic esters (lactones) is 1. The molecule has 0 aromatic carbocycles. The Bertz CT molecular complexity index is 799. The molecule has 2 fully saturated rings. The monoisotopic (exact) mass is 622 g/mol. The minimum Gasteiger partial charge on any atom is -0.454 e. The second-order valence-electron chi connectivity index (χ2n) is 13.7. The molecule has 3 unspecified atom stereocenters. The third-order valence-corrected chi connectivity index (χ3v) is 9.52. The van der Waals surface area contributed by atoms with Crippen LogP contribution in [0.1, 0.15) is 200 Å². The van der Waals surface area contributed by atoms with E-state index in [0.29, 0.717) is 12.8 Å². The van der Waals surface area contributed by atoms with Gasteiger partial charge in [0.2, 0.25) is 0 Å². The van der Waals surface area contributed by atoms with Crippen LogP contribution in [0.4, 0.5) is 0 Å². The van der Waals surface area contributed by atoms with E-state index >= 15 is 0 Å². The maximum Gasteiger partial charge on any atom is 0.342 e. The Kier molecular flexibility index (Phi) is 20.0. The molecule has 2 saturated heterocycles. The van der Waals surface area contributed by atoms with Crippen LogP contribution < -0.4 is 0 Å². The maximum absolute atomic E-state index is 13.0. The van der Waals surface area contributed by atoms with Crippen molar-refractivity contribution in [2.24, 2.45) is 0 Å². The molecule has 0 amide bonds. The van der Waals surface area contributed by atoms with Gasteiger partial charge in [-0.1, -0.05) is 162 Å². The fourth-order valence-electron chi connectivity index (χ4n) is 6.71. The highest BCUT2D eigenvalue weighted by molar-refractivity contribution is 5.92. The molecule has 0 aromatic heterocycles. The lowest BCUT2D eigenvalue weighted by Gasteiger charge is -2.39. The van der Waals surface area contributed by atoms with E-state index in [1.54, 1.807) is 0 Å². The minimum atomic E-state index is -2.23. The smallest absolute Gasteiger partial charge is 0.342 e. The van der Waals surface area contributed by atoms with Gasteiger partial charge in [0, 0.05) is 6.42 Å². The molecular formula is C37H66O7. The summed E-state index contributed by atoms with van der Waals surface area (Å²) in [6.07, 6.45) is 28.9. The molecule has 0 saturated carbocycles. The van der Waals surface area contributed by atoms with Crippen LogP contribution in [0.15, 0.2) is 0 Å². The lowest BCUT2D eigenvalue weighted by atomic mass is 9.93. The Balaban J connectivity index is 1.77. The number of hydrogen-bond donors (Lipinski definition) is 1. The van der Waals surface area contributed by atoms with E-state index in [9.17, 15) is 19.5 Å². The Morgan fingerprint density at radius 1 is 0.545 bits per heavy atom. The summed E-state index contributed by atoms with van der Waals surface area (Å²) < 4.78 is 17.4. The van der Waals surface area contributed by atoms with E-state index < -0.39 is 48.2 Å². The average Bonchev–Trinajstić information content (AvgIpc) is 3.05. The van der Waals surface area contributed by atoms with Crippen molar-refractivity contribution in [2.75, 3.05) is 0 Å². The summed E-state index contributed by atoms with van der Waals surface area (Å²) >= 11 is 0. The van der Waals surface area contributed by atoms with Crippen molar-refractivity contribution in [2.45, 2.75) is 218 Å². The summed E-state index contributed by atoms with van der Waals surface area (Å²) in [5, 5.41) is 10.8. The first-order valence-corrected chi connectivity index (χ1v) is 18.7. The van der Waals surface area contributed by atoms with Gasteiger partial charge in [-0.15, -0.1) is 0 Å². The van der Waals surface area contributed by atoms with Gasteiger partial charge < -0.3 is 19.3 Å². The number of fused-ring (bicyclic) bond motifs is 3. The van der Waals surface area contributed by atoms with Crippen molar-refractivity contribution < 1.29 is 33.7 Å². The molecule has 2 aliphatic heterocycles. The van der Waals surface area contributed by atoms with Crippen molar-refractivity contribution in [3.8, 4) is 0 Å².